The van der Waals surface area contributed by atoms with Gasteiger partial charge in [-0.1, -0.05) is 35.9 Å². The summed E-state index contributed by atoms with van der Waals surface area (Å²) in [7, 11) is 0. The highest BCUT2D eigenvalue weighted by Crippen LogP contribution is 2.24. The lowest BCUT2D eigenvalue weighted by Gasteiger charge is -2.16. The van der Waals surface area contributed by atoms with E-state index in [4.69, 9.17) is 5.73 Å². The minimum absolute atomic E-state index is 0.297. The molecule has 0 spiro atoms. The number of hydrogen-bond acceptors (Lipinski definition) is 2. The standard InChI is InChI=1S/C17H16FN3/c1-12-7-8-15(18)14(11-12)17(19)16-9-10-20-21(16)13-5-3-2-4-6-13/h2-11,17H,19H2,1H3. The number of aromatic nitrogens is 2. The van der Waals surface area contributed by atoms with Crippen LogP contribution in [0, 0.1) is 12.7 Å². The molecule has 0 aliphatic carbocycles. The van der Waals surface area contributed by atoms with Crippen molar-refractivity contribution in [3.05, 3.63) is 83.4 Å². The third kappa shape index (κ3) is 2.58. The lowest BCUT2D eigenvalue weighted by atomic mass is 10.0. The van der Waals surface area contributed by atoms with E-state index >= 15 is 0 Å². The molecule has 2 N–H and O–H groups in total. The van der Waals surface area contributed by atoms with Crippen LogP contribution in [0.1, 0.15) is 22.9 Å². The van der Waals surface area contributed by atoms with Crippen molar-refractivity contribution >= 4 is 0 Å². The van der Waals surface area contributed by atoms with Gasteiger partial charge in [0.25, 0.3) is 0 Å². The molecule has 0 aliphatic heterocycles. The van der Waals surface area contributed by atoms with E-state index < -0.39 is 6.04 Å². The highest BCUT2D eigenvalue weighted by atomic mass is 19.1. The zero-order valence-electron chi connectivity index (χ0n) is 11.7. The van der Waals surface area contributed by atoms with Crippen LogP contribution in [0.15, 0.2) is 60.8 Å². The smallest absolute Gasteiger partial charge is 0.128 e. The van der Waals surface area contributed by atoms with Gasteiger partial charge in [-0.15, -0.1) is 0 Å². The molecule has 1 atom stereocenters. The first kappa shape index (κ1) is 13.5. The molecule has 3 nitrogen and oxygen atoms in total. The Kier molecular flexibility index (Phi) is 3.54. The third-order valence-electron chi connectivity index (χ3n) is 3.48. The molecule has 3 aromatic rings. The van der Waals surface area contributed by atoms with Crippen LogP contribution in [0.5, 0.6) is 0 Å². The quantitative estimate of drug-likeness (QED) is 0.800. The van der Waals surface area contributed by atoms with Crippen molar-refractivity contribution < 1.29 is 4.39 Å². The molecule has 1 aromatic heterocycles. The van der Waals surface area contributed by atoms with Crippen LogP contribution in [0.2, 0.25) is 0 Å². The van der Waals surface area contributed by atoms with Crippen molar-refractivity contribution in [2.45, 2.75) is 13.0 Å². The molecule has 106 valence electrons. The molecule has 1 unspecified atom stereocenters. The Morgan fingerprint density at radius 1 is 1.10 bits per heavy atom. The first-order valence-corrected chi connectivity index (χ1v) is 6.78. The van der Waals surface area contributed by atoms with Gasteiger partial charge in [0, 0.05) is 11.8 Å². The molecule has 0 radical (unpaired) electrons. The van der Waals surface area contributed by atoms with Gasteiger partial charge in [0.05, 0.1) is 17.4 Å². The number of benzene rings is 2. The van der Waals surface area contributed by atoms with Gasteiger partial charge < -0.3 is 5.73 Å². The van der Waals surface area contributed by atoms with Gasteiger partial charge >= 0.3 is 0 Å². The predicted molar refractivity (Wildman–Crippen MR) is 80.7 cm³/mol. The van der Waals surface area contributed by atoms with E-state index in [1.807, 2.05) is 43.3 Å². The van der Waals surface area contributed by atoms with Gasteiger partial charge in [-0.3, -0.25) is 0 Å². The van der Waals surface area contributed by atoms with E-state index in [2.05, 4.69) is 5.10 Å². The molecule has 0 aliphatic rings. The van der Waals surface area contributed by atoms with Crippen molar-refractivity contribution in [2.24, 2.45) is 5.73 Å². The molecule has 0 amide bonds. The Hall–Kier alpha value is -2.46. The van der Waals surface area contributed by atoms with Gasteiger partial charge in [-0.2, -0.15) is 5.10 Å². The van der Waals surface area contributed by atoms with E-state index in [9.17, 15) is 4.39 Å². The third-order valence-corrected chi connectivity index (χ3v) is 3.48. The van der Waals surface area contributed by atoms with E-state index in [0.29, 0.717) is 5.56 Å². The van der Waals surface area contributed by atoms with E-state index in [-0.39, 0.29) is 5.82 Å². The lowest BCUT2D eigenvalue weighted by Crippen LogP contribution is -2.18. The zero-order valence-corrected chi connectivity index (χ0v) is 11.7. The second kappa shape index (κ2) is 5.50. The molecular weight excluding hydrogens is 265 g/mol. The maximum atomic E-state index is 14.0. The summed E-state index contributed by atoms with van der Waals surface area (Å²) in [6.07, 6.45) is 1.68. The Morgan fingerprint density at radius 2 is 1.86 bits per heavy atom. The first-order chi connectivity index (χ1) is 10.2. The number of nitrogens with zero attached hydrogens (tertiary/aromatic N) is 2. The fraction of sp³-hybridized carbons (Fsp3) is 0.118. The second-order valence-electron chi connectivity index (χ2n) is 5.01. The van der Waals surface area contributed by atoms with E-state index in [1.54, 1.807) is 23.0 Å². The molecule has 0 saturated carbocycles. The Bertz CT molecular complexity index is 750. The number of para-hydroxylation sites is 1. The summed E-state index contributed by atoms with van der Waals surface area (Å²) in [4.78, 5) is 0. The number of hydrogen-bond donors (Lipinski definition) is 1. The van der Waals surface area contributed by atoms with Crippen molar-refractivity contribution in [2.75, 3.05) is 0 Å². The van der Waals surface area contributed by atoms with Crippen LogP contribution in [-0.4, -0.2) is 9.78 Å². The predicted octanol–water partition coefficient (Wildman–Crippen LogP) is 3.37. The van der Waals surface area contributed by atoms with Crippen molar-refractivity contribution in [3.63, 3.8) is 0 Å². The largest absolute Gasteiger partial charge is 0.319 e. The van der Waals surface area contributed by atoms with Crippen LogP contribution < -0.4 is 5.73 Å². The van der Waals surface area contributed by atoms with Gasteiger partial charge in [-0.25, -0.2) is 9.07 Å². The fourth-order valence-electron chi connectivity index (χ4n) is 2.39. The van der Waals surface area contributed by atoms with Crippen molar-refractivity contribution in [3.8, 4) is 5.69 Å². The Morgan fingerprint density at radius 3 is 2.62 bits per heavy atom. The second-order valence-corrected chi connectivity index (χ2v) is 5.01. The van der Waals surface area contributed by atoms with Crippen LogP contribution >= 0.6 is 0 Å². The molecule has 0 fully saturated rings. The minimum Gasteiger partial charge on any atom is -0.319 e. The number of rotatable bonds is 3. The molecule has 4 heteroatoms. The Labute approximate surface area is 122 Å². The topological polar surface area (TPSA) is 43.8 Å². The molecule has 2 aromatic carbocycles. The molecular formula is C17H16FN3. The molecule has 21 heavy (non-hydrogen) atoms. The number of nitrogens with two attached hydrogens (primary N) is 1. The maximum absolute atomic E-state index is 14.0. The fourth-order valence-corrected chi connectivity index (χ4v) is 2.39. The van der Waals surface area contributed by atoms with E-state index in [0.717, 1.165) is 16.9 Å². The summed E-state index contributed by atoms with van der Waals surface area (Å²) in [5, 5.41) is 4.30. The lowest BCUT2D eigenvalue weighted by molar-refractivity contribution is 0.592. The van der Waals surface area contributed by atoms with E-state index in [1.165, 1.54) is 6.07 Å². The summed E-state index contributed by atoms with van der Waals surface area (Å²) >= 11 is 0. The average molecular weight is 281 g/mol. The average Bonchev–Trinajstić information content (AvgIpc) is 2.99. The monoisotopic (exact) mass is 281 g/mol. The van der Waals surface area contributed by atoms with Gasteiger partial charge in [0.2, 0.25) is 0 Å². The van der Waals surface area contributed by atoms with Gasteiger partial charge in [0.1, 0.15) is 5.82 Å². The van der Waals surface area contributed by atoms with Crippen molar-refractivity contribution in [1.82, 2.24) is 9.78 Å². The molecule has 3 rings (SSSR count). The van der Waals surface area contributed by atoms with Crippen molar-refractivity contribution in [1.29, 1.82) is 0 Å². The SMILES string of the molecule is Cc1ccc(F)c(C(N)c2ccnn2-c2ccccc2)c1. The highest BCUT2D eigenvalue weighted by Gasteiger charge is 2.18. The summed E-state index contributed by atoms with van der Waals surface area (Å²) in [6, 6.07) is 15.9. The number of aryl methyl sites for hydroxylation is 1. The zero-order chi connectivity index (χ0) is 14.8. The summed E-state index contributed by atoms with van der Waals surface area (Å²) in [6.45, 7) is 1.92. The number of halogens is 1. The summed E-state index contributed by atoms with van der Waals surface area (Å²) in [5.41, 5.74) is 9.39. The van der Waals surface area contributed by atoms with Crippen LogP contribution in [-0.2, 0) is 0 Å². The molecule has 0 saturated heterocycles. The van der Waals surface area contributed by atoms with Crippen LogP contribution in [0.25, 0.3) is 5.69 Å². The highest BCUT2D eigenvalue weighted by molar-refractivity contribution is 5.37. The van der Waals surface area contributed by atoms with Crippen LogP contribution in [0.4, 0.5) is 4.39 Å². The Balaban J connectivity index is 2.06. The molecule has 0 bridgehead atoms. The minimum atomic E-state index is -0.562. The summed E-state index contributed by atoms with van der Waals surface area (Å²) < 4.78 is 15.8. The normalized spacial score (nSPS) is 12.3. The first-order valence-electron chi connectivity index (χ1n) is 6.78. The molecule has 1 heterocycles. The van der Waals surface area contributed by atoms with Crippen LogP contribution in [0.3, 0.4) is 0 Å². The maximum Gasteiger partial charge on any atom is 0.128 e. The van der Waals surface area contributed by atoms with Gasteiger partial charge in [0.15, 0.2) is 0 Å². The summed E-state index contributed by atoms with van der Waals surface area (Å²) in [5.74, 6) is -0.297. The van der Waals surface area contributed by atoms with Gasteiger partial charge in [-0.05, 0) is 31.2 Å².